The van der Waals surface area contributed by atoms with Gasteiger partial charge in [-0.05, 0) is 43.2 Å². The number of urea groups is 1. The second kappa shape index (κ2) is 8.60. The monoisotopic (exact) mass is 403 g/mol. The Labute approximate surface area is 172 Å². The minimum absolute atomic E-state index is 0.205. The fourth-order valence-electron chi connectivity index (χ4n) is 2.88. The van der Waals surface area contributed by atoms with Gasteiger partial charge in [0.1, 0.15) is 6.54 Å². The largest absolute Gasteiger partial charge is 0.335 e. The number of amides is 3. The van der Waals surface area contributed by atoms with Gasteiger partial charge in [-0.25, -0.2) is 9.48 Å². The predicted octanol–water partition coefficient (Wildman–Crippen LogP) is 2.83. The van der Waals surface area contributed by atoms with Gasteiger partial charge in [-0.1, -0.05) is 30.3 Å². The number of carbonyl (C=O) groups is 2. The van der Waals surface area contributed by atoms with Crippen LogP contribution in [-0.2, 0) is 11.3 Å². The van der Waals surface area contributed by atoms with Crippen LogP contribution in [0.3, 0.4) is 0 Å². The molecule has 0 atom stereocenters. The lowest BCUT2D eigenvalue weighted by molar-refractivity contribution is -0.117. The lowest BCUT2D eigenvalue weighted by Gasteiger charge is -2.10. The first-order valence-corrected chi connectivity index (χ1v) is 9.68. The van der Waals surface area contributed by atoms with Gasteiger partial charge in [-0.3, -0.25) is 9.59 Å². The summed E-state index contributed by atoms with van der Waals surface area (Å²) in [5, 5.41) is 12.6. The Bertz CT molecular complexity index is 1110. The molecular formula is C22H21N5O3. The van der Waals surface area contributed by atoms with Crippen molar-refractivity contribution in [3.63, 3.8) is 0 Å². The zero-order valence-electron chi connectivity index (χ0n) is 16.2. The molecule has 30 heavy (non-hydrogen) atoms. The molecule has 8 heteroatoms. The summed E-state index contributed by atoms with van der Waals surface area (Å²) in [5.41, 5.74) is 2.30. The van der Waals surface area contributed by atoms with Crippen molar-refractivity contribution >= 4 is 23.3 Å². The highest BCUT2D eigenvalue weighted by molar-refractivity contribution is 5.92. The van der Waals surface area contributed by atoms with Crippen molar-refractivity contribution in [1.82, 2.24) is 15.1 Å². The Morgan fingerprint density at radius 3 is 2.23 bits per heavy atom. The number of carbonyl (C=O) groups excluding carboxylic acids is 2. The molecule has 1 saturated carbocycles. The van der Waals surface area contributed by atoms with Crippen molar-refractivity contribution in [2.24, 2.45) is 0 Å². The number of anilines is 2. The molecular weight excluding hydrogens is 382 g/mol. The van der Waals surface area contributed by atoms with Gasteiger partial charge in [0.25, 0.3) is 5.56 Å². The van der Waals surface area contributed by atoms with Crippen molar-refractivity contribution in [2.45, 2.75) is 25.4 Å². The van der Waals surface area contributed by atoms with E-state index in [0.29, 0.717) is 17.1 Å². The number of aromatic nitrogens is 2. The summed E-state index contributed by atoms with van der Waals surface area (Å²) in [6, 6.07) is 19.3. The van der Waals surface area contributed by atoms with E-state index in [9.17, 15) is 14.4 Å². The number of nitrogens with zero attached hydrogens (tertiary/aromatic N) is 2. The van der Waals surface area contributed by atoms with Gasteiger partial charge in [0.05, 0.1) is 5.69 Å². The first-order chi connectivity index (χ1) is 14.6. The molecule has 1 heterocycles. The summed E-state index contributed by atoms with van der Waals surface area (Å²) in [6.07, 6.45) is 2.04. The number of hydrogen-bond acceptors (Lipinski definition) is 4. The third-order valence-electron chi connectivity index (χ3n) is 4.57. The minimum atomic E-state index is -0.373. The first kappa shape index (κ1) is 19.4. The molecule has 3 aromatic rings. The SMILES string of the molecule is O=C(Cn1nc(-c2ccccc2)ccc1=O)Nc1ccc(NC(=O)NC2CC2)cc1. The minimum Gasteiger partial charge on any atom is -0.335 e. The maximum atomic E-state index is 12.4. The Kier molecular flexibility index (Phi) is 5.56. The third kappa shape index (κ3) is 5.11. The van der Waals surface area contributed by atoms with E-state index < -0.39 is 0 Å². The topological polar surface area (TPSA) is 105 Å². The molecule has 2 aromatic carbocycles. The van der Waals surface area contributed by atoms with Crippen molar-refractivity contribution in [2.75, 3.05) is 10.6 Å². The van der Waals surface area contributed by atoms with Crippen LogP contribution < -0.4 is 21.5 Å². The number of benzene rings is 2. The second-order valence-corrected chi connectivity index (χ2v) is 7.08. The van der Waals surface area contributed by atoms with E-state index in [1.807, 2.05) is 30.3 Å². The number of rotatable bonds is 6. The van der Waals surface area contributed by atoms with Crippen molar-refractivity contribution in [3.05, 3.63) is 77.1 Å². The molecule has 1 aliphatic carbocycles. The normalized spacial score (nSPS) is 12.8. The van der Waals surface area contributed by atoms with Crippen molar-refractivity contribution in [3.8, 4) is 11.3 Å². The van der Waals surface area contributed by atoms with Crippen LogP contribution >= 0.6 is 0 Å². The molecule has 4 rings (SSSR count). The van der Waals surface area contributed by atoms with Crippen LogP contribution in [-0.4, -0.2) is 27.8 Å². The van der Waals surface area contributed by atoms with Crippen LogP contribution in [0.5, 0.6) is 0 Å². The van der Waals surface area contributed by atoms with E-state index in [1.165, 1.54) is 6.07 Å². The summed E-state index contributed by atoms with van der Waals surface area (Å²) in [7, 11) is 0. The fourth-order valence-corrected chi connectivity index (χ4v) is 2.88. The summed E-state index contributed by atoms with van der Waals surface area (Å²) in [6.45, 7) is -0.205. The Morgan fingerprint density at radius 2 is 1.57 bits per heavy atom. The molecule has 0 bridgehead atoms. The molecule has 8 nitrogen and oxygen atoms in total. The average molecular weight is 403 g/mol. The molecule has 3 N–H and O–H groups in total. The quantitative estimate of drug-likeness (QED) is 0.588. The van der Waals surface area contributed by atoms with Crippen LogP contribution in [0, 0.1) is 0 Å². The van der Waals surface area contributed by atoms with E-state index in [1.54, 1.807) is 30.3 Å². The second-order valence-electron chi connectivity index (χ2n) is 7.08. The fraction of sp³-hybridized carbons (Fsp3) is 0.182. The van der Waals surface area contributed by atoms with Gasteiger partial charge in [0.2, 0.25) is 5.91 Å². The Hall–Kier alpha value is -3.94. The van der Waals surface area contributed by atoms with Crippen LogP contribution in [0.2, 0.25) is 0 Å². The molecule has 1 aromatic heterocycles. The van der Waals surface area contributed by atoms with Crippen LogP contribution in [0.1, 0.15) is 12.8 Å². The molecule has 3 amide bonds. The van der Waals surface area contributed by atoms with E-state index in [0.717, 1.165) is 23.1 Å². The van der Waals surface area contributed by atoms with Crippen LogP contribution in [0.4, 0.5) is 16.2 Å². The van der Waals surface area contributed by atoms with Crippen LogP contribution in [0.15, 0.2) is 71.5 Å². The molecule has 0 spiro atoms. The molecule has 0 aliphatic heterocycles. The van der Waals surface area contributed by atoms with Crippen molar-refractivity contribution < 1.29 is 9.59 Å². The third-order valence-corrected chi connectivity index (χ3v) is 4.57. The molecule has 0 radical (unpaired) electrons. The van der Waals surface area contributed by atoms with E-state index in [-0.39, 0.29) is 30.1 Å². The van der Waals surface area contributed by atoms with Crippen molar-refractivity contribution in [1.29, 1.82) is 0 Å². The average Bonchev–Trinajstić information content (AvgIpc) is 3.55. The standard InChI is InChI=1S/C22H21N5O3/c28-20(14-27-21(29)13-12-19(26-27)15-4-2-1-3-5-15)23-16-6-8-17(9-7-16)24-22(30)25-18-10-11-18/h1-9,12-13,18H,10-11,14H2,(H,23,28)(H2,24,25,30). The zero-order valence-corrected chi connectivity index (χ0v) is 16.2. The van der Waals surface area contributed by atoms with Gasteiger partial charge in [0, 0.05) is 29.0 Å². The van der Waals surface area contributed by atoms with E-state index in [4.69, 9.17) is 0 Å². The van der Waals surface area contributed by atoms with Gasteiger partial charge < -0.3 is 16.0 Å². The smallest absolute Gasteiger partial charge is 0.319 e. The molecule has 1 fully saturated rings. The Balaban J connectivity index is 1.37. The summed E-state index contributed by atoms with van der Waals surface area (Å²) in [4.78, 5) is 36.2. The Morgan fingerprint density at radius 1 is 0.900 bits per heavy atom. The van der Waals surface area contributed by atoms with Gasteiger partial charge in [0.15, 0.2) is 0 Å². The lowest BCUT2D eigenvalue weighted by Crippen LogP contribution is -2.30. The highest BCUT2D eigenvalue weighted by atomic mass is 16.2. The zero-order chi connectivity index (χ0) is 20.9. The van der Waals surface area contributed by atoms with E-state index >= 15 is 0 Å². The lowest BCUT2D eigenvalue weighted by atomic mass is 10.1. The summed E-state index contributed by atoms with van der Waals surface area (Å²) >= 11 is 0. The van der Waals surface area contributed by atoms with Gasteiger partial charge in [-0.2, -0.15) is 5.10 Å². The van der Waals surface area contributed by atoms with Gasteiger partial charge in [-0.15, -0.1) is 0 Å². The molecule has 1 aliphatic rings. The molecule has 0 saturated heterocycles. The first-order valence-electron chi connectivity index (χ1n) is 9.68. The van der Waals surface area contributed by atoms with Crippen LogP contribution in [0.25, 0.3) is 11.3 Å². The highest BCUT2D eigenvalue weighted by Gasteiger charge is 2.23. The molecule has 152 valence electrons. The molecule has 0 unspecified atom stereocenters. The highest BCUT2D eigenvalue weighted by Crippen LogP contribution is 2.19. The maximum absolute atomic E-state index is 12.4. The predicted molar refractivity (Wildman–Crippen MR) is 114 cm³/mol. The van der Waals surface area contributed by atoms with E-state index in [2.05, 4.69) is 21.0 Å². The number of nitrogens with one attached hydrogen (secondary N) is 3. The summed E-state index contributed by atoms with van der Waals surface area (Å²) in [5.74, 6) is -0.373. The summed E-state index contributed by atoms with van der Waals surface area (Å²) < 4.78 is 1.13. The maximum Gasteiger partial charge on any atom is 0.319 e. The number of hydrogen-bond donors (Lipinski definition) is 3. The van der Waals surface area contributed by atoms with Gasteiger partial charge >= 0.3 is 6.03 Å².